The Balaban J connectivity index is 1.90. The van der Waals surface area contributed by atoms with E-state index in [1.165, 1.54) is 17.8 Å². The van der Waals surface area contributed by atoms with Crippen LogP contribution in [-0.2, 0) is 21.7 Å². The van der Waals surface area contributed by atoms with Gasteiger partial charge in [0.1, 0.15) is 12.2 Å². The van der Waals surface area contributed by atoms with Crippen LogP contribution in [0, 0.1) is 5.82 Å². The van der Waals surface area contributed by atoms with Crippen LogP contribution >= 0.6 is 11.8 Å². The summed E-state index contributed by atoms with van der Waals surface area (Å²) in [6, 6.07) is 6.46. The molecule has 0 aliphatic carbocycles. The van der Waals surface area contributed by atoms with Gasteiger partial charge in [-0.15, -0.1) is 11.8 Å². The van der Waals surface area contributed by atoms with Crippen LogP contribution in [0.4, 0.5) is 4.39 Å². The van der Waals surface area contributed by atoms with Crippen molar-refractivity contribution in [1.29, 1.82) is 0 Å². The number of thioether (sulfide) groups is 1. The normalized spacial score (nSPS) is 10.5. The maximum atomic E-state index is 13.4. The van der Waals surface area contributed by atoms with E-state index in [9.17, 15) is 9.18 Å². The lowest BCUT2D eigenvalue weighted by Crippen LogP contribution is -2.07. The molecular formula is C13H13FN2O3S. The first-order valence-corrected chi connectivity index (χ1v) is 7.02. The van der Waals surface area contributed by atoms with Crippen molar-refractivity contribution >= 4 is 17.7 Å². The molecule has 0 aliphatic rings. The molecule has 0 bridgehead atoms. The van der Waals surface area contributed by atoms with Gasteiger partial charge in [0, 0.05) is 4.90 Å². The van der Waals surface area contributed by atoms with Crippen molar-refractivity contribution in [3.8, 4) is 0 Å². The number of benzene rings is 1. The highest BCUT2D eigenvalue weighted by Crippen LogP contribution is 2.24. The Labute approximate surface area is 119 Å². The predicted octanol–water partition coefficient (Wildman–Crippen LogP) is 2.61. The zero-order valence-corrected chi connectivity index (χ0v) is 11.7. The average molecular weight is 296 g/mol. The van der Waals surface area contributed by atoms with Crippen LogP contribution in [0.15, 0.2) is 33.7 Å². The minimum Gasteiger partial charge on any atom is -0.466 e. The third-order valence-corrected chi connectivity index (χ3v) is 3.35. The summed E-state index contributed by atoms with van der Waals surface area (Å²) in [5, 5.41) is 3.74. The molecule has 0 saturated carbocycles. The van der Waals surface area contributed by atoms with Gasteiger partial charge in [-0.25, -0.2) is 4.39 Å². The molecule has 0 atom stereocenters. The molecule has 5 nitrogen and oxygen atoms in total. The summed E-state index contributed by atoms with van der Waals surface area (Å²) < 4.78 is 23.1. The molecule has 2 aromatic rings. The number of halogens is 1. The van der Waals surface area contributed by atoms with Crippen molar-refractivity contribution in [1.82, 2.24) is 10.1 Å². The van der Waals surface area contributed by atoms with Crippen LogP contribution in [0.2, 0.25) is 0 Å². The van der Waals surface area contributed by atoms with Gasteiger partial charge in [0.15, 0.2) is 5.82 Å². The average Bonchev–Trinajstić information content (AvgIpc) is 2.85. The van der Waals surface area contributed by atoms with E-state index in [2.05, 4.69) is 10.1 Å². The van der Waals surface area contributed by atoms with Gasteiger partial charge in [-0.2, -0.15) is 4.98 Å². The number of hydrogen-bond acceptors (Lipinski definition) is 6. The number of ether oxygens (including phenoxy) is 1. The molecule has 7 heteroatoms. The first-order valence-electron chi connectivity index (χ1n) is 6.03. The molecule has 0 saturated heterocycles. The highest BCUT2D eigenvalue weighted by molar-refractivity contribution is 7.98. The molecule has 106 valence electrons. The number of nitrogens with zero attached hydrogens (tertiary/aromatic N) is 2. The Morgan fingerprint density at radius 2 is 2.25 bits per heavy atom. The number of aromatic nitrogens is 2. The van der Waals surface area contributed by atoms with Crippen molar-refractivity contribution < 1.29 is 18.4 Å². The number of hydrogen-bond donors (Lipinski definition) is 0. The molecule has 20 heavy (non-hydrogen) atoms. The van der Waals surface area contributed by atoms with Gasteiger partial charge in [0.2, 0.25) is 5.89 Å². The lowest BCUT2D eigenvalue weighted by molar-refractivity contribution is -0.142. The van der Waals surface area contributed by atoms with Gasteiger partial charge in [0.25, 0.3) is 0 Å². The monoisotopic (exact) mass is 296 g/mol. The standard InChI is InChI=1S/C13H13FN2O3S/c1-2-18-13(17)7-12-15-11(16-19-12)8-20-10-6-4-3-5-9(10)14/h3-6H,2,7-8H2,1H3. The minimum atomic E-state index is -0.413. The van der Waals surface area contributed by atoms with Crippen LogP contribution < -0.4 is 0 Å². The third-order valence-electron chi connectivity index (χ3n) is 2.30. The summed E-state index contributed by atoms with van der Waals surface area (Å²) in [6.07, 6.45) is -0.0504. The molecule has 0 unspecified atom stereocenters. The molecule has 0 fully saturated rings. The van der Waals surface area contributed by atoms with Gasteiger partial charge >= 0.3 is 5.97 Å². The first-order chi connectivity index (χ1) is 9.69. The van der Waals surface area contributed by atoms with E-state index in [0.717, 1.165) is 0 Å². The number of carbonyl (C=O) groups is 1. The van der Waals surface area contributed by atoms with Crippen LogP contribution in [-0.4, -0.2) is 22.7 Å². The molecule has 0 N–H and O–H groups in total. The smallest absolute Gasteiger partial charge is 0.315 e. The second-order valence-corrected chi connectivity index (χ2v) is 4.82. The summed E-state index contributed by atoms with van der Waals surface area (Å²) in [4.78, 5) is 15.8. The summed E-state index contributed by atoms with van der Waals surface area (Å²) in [5.41, 5.74) is 0. The van der Waals surface area contributed by atoms with E-state index < -0.39 is 5.97 Å². The van der Waals surface area contributed by atoms with E-state index in [-0.39, 0.29) is 18.1 Å². The fourth-order valence-corrected chi connectivity index (χ4v) is 2.24. The van der Waals surface area contributed by atoms with Crippen molar-refractivity contribution in [2.45, 2.75) is 24.0 Å². The molecule has 0 spiro atoms. The van der Waals surface area contributed by atoms with E-state index in [0.29, 0.717) is 23.1 Å². The Hall–Kier alpha value is -1.89. The number of rotatable bonds is 6. The molecular weight excluding hydrogens is 283 g/mol. The fourth-order valence-electron chi connectivity index (χ4n) is 1.46. The van der Waals surface area contributed by atoms with Gasteiger partial charge in [-0.3, -0.25) is 4.79 Å². The maximum absolute atomic E-state index is 13.4. The first kappa shape index (κ1) is 14.5. The third kappa shape index (κ3) is 4.06. The molecule has 1 aromatic carbocycles. The van der Waals surface area contributed by atoms with Crippen LogP contribution in [0.5, 0.6) is 0 Å². The van der Waals surface area contributed by atoms with Gasteiger partial charge in [-0.1, -0.05) is 17.3 Å². The summed E-state index contributed by atoms with van der Waals surface area (Å²) in [5.74, 6) is 0.287. The predicted molar refractivity (Wildman–Crippen MR) is 70.6 cm³/mol. The molecule has 1 aromatic heterocycles. The van der Waals surface area contributed by atoms with Crippen molar-refractivity contribution in [2.24, 2.45) is 0 Å². The van der Waals surface area contributed by atoms with E-state index >= 15 is 0 Å². The zero-order valence-electron chi connectivity index (χ0n) is 10.8. The Morgan fingerprint density at radius 1 is 1.45 bits per heavy atom. The van der Waals surface area contributed by atoms with Crippen molar-refractivity contribution in [3.05, 3.63) is 41.8 Å². The molecule has 2 rings (SSSR count). The van der Waals surface area contributed by atoms with Crippen molar-refractivity contribution in [2.75, 3.05) is 6.61 Å². The molecule has 0 radical (unpaired) electrons. The van der Waals surface area contributed by atoms with Gasteiger partial charge in [0.05, 0.1) is 12.4 Å². The van der Waals surface area contributed by atoms with Crippen LogP contribution in [0.25, 0.3) is 0 Å². The van der Waals surface area contributed by atoms with Crippen LogP contribution in [0.1, 0.15) is 18.6 Å². The van der Waals surface area contributed by atoms with Gasteiger partial charge < -0.3 is 9.26 Å². The summed E-state index contributed by atoms with van der Waals surface area (Å²) >= 11 is 1.27. The molecule has 0 aliphatic heterocycles. The molecule has 1 heterocycles. The van der Waals surface area contributed by atoms with E-state index in [1.54, 1.807) is 25.1 Å². The highest BCUT2D eigenvalue weighted by atomic mass is 32.2. The van der Waals surface area contributed by atoms with Crippen LogP contribution in [0.3, 0.4) is 0 Å². The van der Waals surface area contributed by atoms with E-state index in [4.69, 9.17) is 9.26 Å². The topological polar surface area (TPSA) is 65.2 Å². The minimum absolute atomic E-state index is 0.0504. The Kier molecular flexibility index (Phi) is 5.11. The largest absolute Gasteiger partial charge is 0.466 e. The maximum Gasteiger partial charge on any atom is 0.315 e. The lowest BCUT2D eigenvalue weighted by Gasteiger charge is -1.99. The zero-order chi connectivity index (χ0) is 14.4. The second kappa shape index (κ2) is 7.04. The Bertz CT molecular complexity index is 589. The molecule has 0 amide bonds. The highest BCUT2D eigenvalue weighted by Gasteiger charge is 2.12. The second-order valence-electron chi connectivity index (χ2n) is 3.81. The Morgan fingerprint density at radius 3 is 3.00 bits per heavy atom. The lowest BCUT2D eigenvalue weighted by atomic mass is 10.3. The SMILES string of the molecule is CCOC(=O)Cc1nc(CSc2ccccc2F)no1. The van der Waals surface area contributed by atoms with Crippen molar-refractivity contribution in [3.63, 3.8) is 0 Å². The quantitative estimate of drug-likeness (QED) is 0.603. The van der Waals surface area contributed by atoms with E-state index in [1.807, 2.05) is 0 Å². The summed E-state index contributed by atoms with van der Waals surface area (Å²) in [7, 11) is 0. The number of carbonyl (C=O) groups excluding carboxylic acids is 1. The van der Waals surface area contributed by atoms with Gasteiger partial charge in [-0.05, 0) is 19.1 Å². The fraction of sp³-hybridized carbons (Fsp3) is 0.308. The number of esters is 1. The summed E-state index contributed by atoms with van der Waals surface area (Å²) in [6.45, 7) is 2.03.